The second-order valence-corrected chi connectivity index (χ2v) is 19.7. The summed E-state index contributed by atoms with van der Waals surface area (Å²) in [5.41, 5.74) is 2.81. The zero-order valence-electron chi connectivity index (χ0n) is 40.7. The molecular formula is C46H66N10O10S2. The van der Waals surface area contributed by atoms with Gasteiger partial charge >= 0.3 is 12.2 Å². The van der Waals surface area contributed by atoms with Crippen molar-refractivity contribution < 1.29 is 46.4 Å². The average Bonchev–Trinajstić information content (AvgIpc) is 3.30. The average molecular weight is 983 g/mol. The van der Waals surface area contributed by atoms with E-state index in [2.05, 4.69) is 47.5 Å². The number of nitrogens with zero attached hydrogens (tertiary/aromatic N) is 8. The van der Waals surface area contributed by atoms with E-state index in [1.807, 2.05) is 53.7 Å². The number of thioether (sulfide) groups is 1. The molecule has 2 aliphatic heterocycles. The van der Waals surface area contributed by atoms with Crippen molar-refractivity contribution in [1.82, 2.24) is 39.7 Å². The molecule has 22 heteroatoms. The fraction of sp³-hybridized carbons (Fsp3) is 0.565. The highest BCUT2D eigenvalue weighted by Gasteiger charge is 2.29. The first-order chi connectivity index (χ1) is 32.5. The van der Waals surface area contributed by atoms with Crippen LogP contribution in [0.25, 0.3) is 0 Å². The molecule has 0 atom stereocenters. The number of nitrogens with one attached hydrogen (secondary N) is 2. The van der Waals surface area contributed by atoms with Crippen molar-refractivity contribution >= 4 is 56.8 Å². The zero-order chi connectivity index (χ0) is 49.4. The van der Waals surface area contributed by atoms with Crippen LogP contribution in [0.5, 0.6) is 23.3 Å². The molecule has 0 saturated carbocycles. The van der Waals surface area contributed by atoms with E-state index >= 15 is 0 Å². The number of rotatable bonds is 18. The minimum Gasteiger partial charge on any atom is -0.489 e. The van der Waals surface area contributed by atoms with E-state index < -0.39 is 9.84 Å². The quantitative estimate of drug-likeness (QED) is 0.0892. The molecule has 0 radical (unpaired) electrons. The number of carbonyl (C=O) groups is 2. The Morgan fingerprint density at radius 3 is 1.54 bits per heavy atom. The molecule has 0 unspecified atom stereocenters. The highest BCUT2D eigenvalue weighted by molar-refractivity contribution is 7.99. The molecule has 68 heavy (non-hydrogen) atoms. The number of hydrogen-bond acceptors (Lipinski definition) is 19. The van der Waals surface area contributed by atoms with E-state index in [0.717, 1.165) is 28.6 Å². The van der Waals surface area contributed by atoms with E-state index in [1.165, 1.54) is 25.8 Å². The van der Waals surface area contributed by atoms with Gasteiger partial charge in [-0.15, -0.1) is 11.8 Å². The summed E-state index contributed by atoms with van der Waals surface area (Å²) in [4.78, 5) is 53.6. The van der Waals surface area contributed by atoms with E-state index in [9.17, 15) is 18.0 Å². The molecule has 6 heterocycles. The van der Waals surface area contributed by atoms with Gasteiger partial charge in [-0.2, -0.15) is 9.97 Å². The van der Waals surface area contributed by atoms with E-state index in [-0.39, 0.29) is 53.3 Å². The van der Waals surface area contributed by atoms with Crippen molar-refractivity contribution in [2.75, 3.05) is 62.5 Å². The molecule has 6 rings (SSSR count). The maximum Gasteiger partial charge on any atom is 0.410 e. The third-order valence-electron chi connectivity index (χ3n) is 10.5. The van der Waals surface area contributed by atoms with Crippen LogP contribution in [0.2, 0.25) is 0 Å². The third-order valence-corrected chi connectivity index (χ3v) is 13.4. The van der Waals surface area contributed by atoms with Crippen molar-refractivity contribution in [2.24, 2.45) is 0 Å². The van der Waals surface area contributed by atoms with E-state index in [1.54, 1.807) is 41.7 Å². The second kappa shape index (κ2) is 25.5. The van der Waals surface area contributed by atoms with Crippen LogP contribution in [-0.4, -0.2) is 137 Å². The maximum absolute atomic E-state index is 12.3. The summed E-state index contributed by atoms with van der Waals surface area (Å²) in [6, 6.07) is 7.12. The van der Waals surface area contributed by atoms with Crippen LogP contribution in [0, 0.1) is 13.8 Å². The minimum absolute atomic E-state index is 0.0460. The lowest BCUT2D eigenvalue weighted by Crippen LogP contribution is -2.42. The SMILES string of the molecule is CCCS(=O)(=O)c1ccc(Nc2ncnc(OC3CCN(C(=O)OC(C)C)CC3)c2OC)c(C)n1.CCCSc1ccc(Nc2ncnc(OC3CCN(C(=O)OC(C)C)CC3)c2OC)c(C)n1. The van der Waals surface area contributed by atoms with Gasteiger partial charge in [-0.25, -0.2) is 37.9 Å². The monoisotopic (exact) mass is 982 g/mol. The van der Waals surface area contributed by atoms with Crippen LogP contribution in [0.4, 0.5) is 32.6 Å². The van der Waals surface area contributed by atoms with E-state index in [4.69, 9.17) is 28.4 Å². The van der Waals surface area contributed by atoms with Gasteiger partial charge in [0.25, 0.3) is 11.8 Å². The number of piperidine rings is 2. The molecule has 2 N–H and O–H groups in total. The first kappa shape index (κ1) is 53.1. The highest BCUT2D eigenvalue weighted by atomic mass is 32.2. The van der Waals surface area contributed by atoms with Gasteiger partial charge in [-0.1, -0.05) is 13.8 Å². The number of amides is 2. The molecule has 0 spiro atoms. The Balaban J connectivity index is 0.000000255. The van der Waals surface area contributed by atoms with Crippen molar-refractivity contribution in [3.8, 4) is 23.3 Å². The highest BCUT2D eigenvalue weighted by Crippen LogP contribution is 2.37. The number of aryl methyl sites for hydroxylation is 2. The molecule has 372 valence electrons. The standard InChI is InChI=1S/C23H33N5O6S.C23H33N5O4S/c1-6-13-35(30,31)19-8-7-18(16(4)26-19)27-21-20(32-5)22(25-14-24-21)34-17-9-11-28(12-10-17)23(29)33-15(2)3;1-6-13-33-19-8-7-18(16(4)26-19)27-21-20(30-5)22(25-14-24-21)32-17-9-11-28(12-10-17)23(29)31-15(2)3/h7-8,14-15,17H,6,9-13H2,1-5H3,(H,24,25,27);7-8,14-15,17H,6,9-13H2,1-5H3,(H,24,25,27). The van der Waals surface area contributed by atoms with Crippen molar-refractivity contribution in [1.29, 1.82) is 0 Å². The molecule has 2 aliphatic rings. The number of pyridine rings is 2. The predicted molar refractivity (Wildman–Crippen MR) is 259 cm³/mol. The Morgan fingerprint density at radius 1 is 0.691 bits per heavy atom. The lowest BCUT2D eigenvalue weighted by atomic mass is 10.1. The van der Waals surface area contributed by atoms with Crippen LogP contribution in [0.3, 0.4) is 0 Å². The largest absolute Gasteiger partial charge is 0.489 e. The van der Waals surface area contributed by atoms with Gasteiger partial charge in [0.1, 0.15) is 24.9 Å². The number of hydrogen-bond donors (Lipinski definition) is 2. The molecule has 20 nitrogen and oxygen atoms in total. The lowest BCUT2D eigenvalue weighted by Gasteiger charge is -2.32. The number of anilines is 4. The Hall–Kier alpha value is -5.90. The number of carbonyl (C=O) groups excluding carboxylic acids is 2. The van der Waals surface area contributed by atoms with Crippen LogP contribution < -0.4 is 29.6 Å². The number of methoxy groups -OCH3 is 2. The summed E-state index contributed by atoms with van der Waals surface area (Å²) in [7, 11) is -0.356. The molecular weight excluding hydrogens is 917 g/mol. The first-order valence-corrected chi connectivity index (χ1v) is 25.6. The molecule has 4 aromatic heterocycles. The zero-order valence-corrected chi connectivity index (χ0v) is 42.4. The van der Waals surface area contributed by atoms with Gasteiger partial charge in [0.2, 0.25) is 11.5 Å². The summed E-state index contributed by atoms with van der Waals surface area (Å²) >= 11 is 1.74. The Morgan fingerprint density at radius 2 is 1.15 bits per heavy atom. The Bertz CT molecular complexity index is 2400. The minimum atomic E-state index is -3.42. The summed E-state index contributed by atoms with van der Waals surface area (Å²) in [6.07, 6.45) is 5.92. The lowest BCUT2D eigenvalue weighted by molar-refractivity contribution is 0.0491. The molecule has 4 aromatic rings. The summed E-state index contributed by atoms with van der Waals surface area (Å²) in [5.74, 6) is 3.37. The van der Waals surface area contributed by atoms with Crippen LogP contribution in [-0.2, 0) is 19.3 Å². The van der Waals surface area contributed by atoms with Gasteiger partial charge < -0.3 is 48.9 Å². The van der Waals surface area contributed by atoms with Crippen LogP contribution in [0.15, 0.2) is 47.0 Å². The van der Waals surface area contributed by atoms with Gasteiger partial charge in [-0.05, 0) is 84.4 Å². The summed E-state index contributed by atoms with van der Waals surface area (Å²) < 4.78 is 58.5. The number of sulfone groups is 1. The predicted octanol–water partition coefficient (Wildman–Crippen LogP) is 8.33. The summed E-state index contributed by atoms with van der Waals surface area (Å²) in [5, 5.41) is 7.48. The Labute approximate surface area is 404 Å². The van der Waals surface area contributed by atoms with E-state index in [0.29, 0.717) is 98.7 Å². The normalized spacial score (nSPS) is 14.5. The van der Waals surface area contributed by atoms with Crippen LogP contribution >= 0.6 is 11.8 Å². The van der Waals surface area contributed by atoms with Crippen molar-refractivity contribution in [3.05, 3.63) is 48.3 Å². The first-order valence-electron chi connectivity index (χ1n) is 22.9. The van der Waals surface area contributed by atoms with Gasteiger partial charge in [0.15, 0.2) is 26.5 Å². The second-order valence-electron chi connectivity index (χ2n) is 16.6. The van der Waals surface area contributed by atoms with Crippen molar-refractivity contribution in [2.45, 2.75) is 128 Å². The molecule has 2 amide bonds. The fourth-order valence-electron chi connectivity index (χ4n) is 7.04. The molecule has 0 bridgehead atoms. The van der Waals surface area contributed by atoms with Crippen molar-refractivity contribution in [3.63, 3.8) is 0 Å². The fourth-order valence-corrected chi connectivity index (χ4v) is 9.12. The Kier molecular flexibility index (Phi) is 19.9. The number of aromatic nitrogens is 6. The summed E-state index contributed by atoms with van der Waals surface area (Å²) in [6.45, 7) is 17.2. The smallest absolute Gasteiger partial charge is 0.410 e. The maximum atomic E-state index is 12.3. The number of ether oxygens (including phenoxy) is 6. The van der Waals surface area contributed by atoms with Gasteiger partial charge in [0, 0.05) is 51.9 Å². The topological polar surface area (TPSA) is 232 Å². The molecule has 2 fully saturated rings. The molecule has 2 saturated heterocycles. The third kappa shape index (κ3) is 15.1. The molecule has 0 aromatic carbocycles. The van der Waals surface area contributed by atoms with Gasteiger partial charge in [0.05, 0.1) is 60.0 Å². The number of likely N-dealkylation sites (tertiary alicyclic amines) is 2. The van der Waals surface area contributed by atoms with Crippen LogP contribution in [0.1, 0.15) is 91.5 Å². The molecule has 0 aliphatic carbocycles. The van der Waals surface area contributed by atoms with Gasteiger partial charge in [-0.3, -0.25) is 0 Å².